The lowest BCUT2D eigenvalue weighted by molar-refractivity contribution is -0.0589. The van der Waals surface area contributed by atoms with Crippen LogP contribution in [-0.2, 0) is 4.84 Å². The van der Waals surface area contributed by atoms with Crippen molar-refractivity contribution < 1.29 is 9.63 Å². The molecule has 0 atom stereocenters. The molecule has 0 aromatic carbocycles. The normalized spacial score (nSPS) is 18.1. The van der Waals surface area contributed by atoms with Gasteiger partial charge in [-0.1, -0.05) is 0 Å². The van der Waals surface area contributed by atoms with E-state index in [-0.39, 0.29) is 11.6 Å². The molecule has 82 valence electrons. The summed E-state index contributed by atoms with van der Waals surface area (Å²) in [5.74, 6) is 0. The summed E-state index contributed by atoms with van der Waals surface area (Å²) >= 11 is 0. The summed E-state index contributed by atoms with van der Waals surface area (Å²) in [6.07, 6.45) is 3.43. The van der Waals surface area contributed by atoms with Crippen molar-refractivity contribution in [3.05, 3.63) is 0 Å². The third kappa shape index (κ3) is 3.96. The van der Waals surface area contributed by atoms with Gasteiger partial charge in [0.1, 0.15) is 0 Å². The first-order valence-corrected chi connectivity index (χ1v) is 5.22. The van der Waals surface area contributed by atoms with Crippen LogP contribution in [0.15, 0.2) is 0 Å². The highest BCUT2D eigenvalue weighted by atomic mass is 16.7. The van der Waals surface area contributed by atoms with Crippen LogP contribution in [0.25, 0.3) is 0 Å². The first-order chi connectivity index (χ1) is 6.49. The van der Waals surface area contributed by atoms with Crippen molar-refractivity contribution in [2.24, 2.45) is 0 Å². The maximum absolute atomic E-state index is 11.5. The summed E-state index contributed by atoms with van der Waals surface area (Å²) in [5, 5.41) is 0. The number of hydrogen-bond acceptors (Lipinski definition) is 2. The third-order valence-electron chi connectivity index (χ3n) is 2.09. The van der Waals surface area contributed by atoms with Gasteiger partial charge < -0.3 is 4.90 Å². The number of nitrogens with zero attached hydrogens (tertiary/aromatic N) is 1. The molecule has 0 aromatic rings. The predicted molar refractivity (Wildman–Crippen MR) is 54.8 cm³/mol. The van der Waals surface area contributed by atoms with Crippen LogP contribution in [0.5, 0.6) is 0 Å². The number of piperidine rings is 1. The molecule has 0 saturated carbocycles. The number of hydroxylamine groups is 1. The largest absolute Gasteiger partial charge is 0.341 e. The smallest absolute Gasteiger partial charge is 0.323 e. The molecular weight excluding hydrogens is 180 g/mol. The molecule has 14 heavy (non-hydrogen) atoms. The van der Waals surface area contributed by atoms with Gasteiger partial charge in [-0.25, -0.2) is 10.3 Å². The fraction of sp³-hybridized carbons (Fsp3) is 0.900. The molecule has 1 fully saturated rings. The average Bonchev–Trinajstić information content (AvgIpc) is 2.14. The maximum atomic E-state index is 11.5. The van der Waals surface area contributed by atoms with E-state index in [1.165, 1.54) is 6.42 Å². The zero-order valence-corrected chi connectivity index (χ0v) is 9.30. The Morgan fingerprint density at radius 3 is 2.29 bits per heavy atom. The Bertz CT molecular complexity index is 193. The minimum Gasteiger partial charge on any atom is -0.323 e. The third-order valence-corrected chi connectivity index (χ3v) is 2.09. The number of hydrogen-bond donors (Lipinski definition) is 1. The molecule has 1 saturated heterocycles. The van der Waals surface area contributed by atoms with E-state index in [0.717, 1.165) is 25.9 Å². The van der Waals surface area contributed by atoms with Crippen LogP contribution in [0, 0.1) is 0 Å². The van der Waals surface area contributed by atoms with Crippen LogP contribution in [-0.4, -0.2) is 29.6 Å². The van der Waals surface area contributed by atoms with Crippen molar-refractivity contribution in [1.82, 2.24) is 10.4 Å². The lowest BCUT2D eigenvalue weighted by Gasteiger charge is -2.28. The SMILES string of the molecule is CC(C)(C)ONC(=O)N1CCCCC1. The average molecular weight is 200 g/mol. The van der Waals surface area contributed by atoms with E-state index in [2.05, 4.69) is 5.48 Å². The van der Waals surface area contributed by atoms with Gasteiger partial charge in [-0.05, 0) is 40.0 Å². The van der Waals surface area contributed by atoms with Crippen molar-refractivity contribution in [3.8, 4) is 0 Å². The molecule has 1 rings (SSSR count). The number of carbonyl (C=O) groups is 1. The van der Waals surface area contributed by atoms with E-state index in [4.69, 9.17) is 4.84 Å². The van der Waals surface area contributed by atoms with Crippen LogP contribution in [0.3, 0.4) is 0 Å². The quantitative estimate of drug-likeness (QED) is 0.657. The highest BCUT2D eigenvalue weighted by molar-refractivity contribution is 5.73. The number of urea groups is 1. The number of likely N-dealkylation sites (tertiary alicyclic amines) is 1. The monoisotopic (exact) mass is 200 g/mol. The molecule has 0 radical (unpaired) electrons. The molecule has 4 heteroatoms. The second kappa shape index (κ2) is 4.64. The lowest BCUT2D eigenvalue weighted by atomic mass is 10.1. The van der Waals surface area contributed by atoms with E-state index >= 15 is 0 Å². The number of rotatable bonds is 1. The Morgan fingerprint density at radius 1 is 1.21 bits per heavy atom. The van der Waals surface area contributed by atoms with Gasteiger partial charge in [-0.15, -0.1) is 0 Å². The van der Waals surface area contributed by atoms with Crippen molar-refractivity contribution in [3.63, 3.8) is 0 Å². The van der Waals surface area contributed by atoms with E-state index in [1.807, 2.05) is 20.8 Å². The number of amides is 2. The molecule has 2 amide bonds. The summed E-state index contributed by atoms with van der Waals surface area (Å²) in [4.78, 5) is 18.5. The molecule has 1 aliphatic rings. The number of carbonyl (C=O) groups excluding carboxylic acids is 1. The van der Waals surface area contributed by atoms with E-state index in [0.29, 0.717) is 0 Å². The first kappa shape index (κ1) is 11.3. The van der Waals surface area contributed by atoms with Crippen LogP contribution in [0.1, 0.15) is 40.0 Å². The first-order valence-electron chi connectivity index (χ1n) is 5.22. The second-order valence-electron chi connectivity index (χ2n) is 4.67. The summed E-state index contributed by atoms with van der Waals surface area (Å²) in [5.41, 5.74) is 2.15. The van der Waals surface area contributed by atoms with Crippen molar-refractivity contribution >= 4 is 6.03 Å². The molecule has 0 spiro atoms. The molecule has 0 unspecified atom stereocenters. The fourth-order valence-electron chi connectivity index (χ4n) is 1.36. The van der Waals surface area contributed by atoms with E-state index in [1.54, 1.807) is 4.90 Å². The van der Waals surface area contributed by atoms with Crippen LogP contribution in [0.2, 0.25) is 0 Å². The van der Waals surface area contributed by atoms with Gasteiger partial charge in [0.2, 0.25) is 0 Å². The Hall–Kier alpha value is -0.770. The van der Waals surface area contributed by atoms with Gasteiger partial charge in [-0.2, -0.15) is 0 Å². The molecule has 1 aliphatic heterocycles. The molecule has 0 aromatic heterocycles. The molecule has 4 nitrogen and oxygen atoms in total. The van der Waals surface area contributed by atoms with Crippen molar-refractivity contribution in [1.29, 1.82) is 0 Å². The Morgan fingerprint density at radius 2 is 1.79 bits per heavy atom. The van der Waals surface area contributed by atoms with Gasteiger partial charge >= 0.3 is 6.03 Å². The molecule has 0 aliphatic carbocycles. The van der Waals surface area contributed by atoms with Crippen molar-refractivity contribution in [2.45, 2.75) is 45.6 Å². The standard InChI is InChI=1S/C10H20N2O2/c1-10(2,3)14-11-9(13)12-7-5-4-6-8-12/h4-8H2,1-3H3,(H,11,13). The fourth-order valence-corrected chi connectivity index (χ4v) is 1.36. The molecule has 0 bridgehead atoms. The minimum absolute atomic E-state index is 0.111. The van der Waals surface area contributed by atoms with Gasteiger partial charge in [0.15, 0.2) is 0 Å². The highest BCUT2D eigenvalue weighted by Gasteiger charge is 2.18. The van der Waals surface area contributed by atoms with Crippen LogP contribution >= 0.6 is 0 Å². The van der Waals surface area contributed by atoms with E-state index in [9.17, 15) is 4.79 Å². The Kier molecular flexibility index (Phi) is 3.75. The molecular formula is C10H20N2O2. The topological polar surface area (TPSA) is 41.6 Å². The van der Waals surface area contributed by atoms with Gasteiger partial charge in [-0.3, -0.25) is 4.84 Å². The van der Waals surface area contributed by atoms with Gasteiger partial charge in [0.05, 0.1) is 5.60 Å². The minimum atomic E-state index is -0.328. The summed E-state index contributed by atoms with van der Waals surface area (Å²) < 4.78 is 0. The number of nitrogens with one attached hydrogen (secondary N) is 1. The Labute approximate surface area is 85.6 Å². The summed E-state index contributed by atoms with van der Waals surface area (Å²) in [6.45, 7) is 7.41. The predicted octanol–water partition coefficient (Wildman–Crippen LogP) is 1.91. The summed E-state index contributed by atoms with van der Waals surface area (Å²) in [7, 11) is 0. The van der Waals surface area contributed by atoms with Crippen molar-refractivity contribution in [2.75, 3.05) is 13.1 Å². The highest BCUT2D eigenvalue weighted by Crippen LogP contribution is 2.09. The van der Waals surface area contributed by atoms with Crippen LogP contribution < -0.4 is 5.48 Å². The van der Waals surface area contributed by atoms with Gasteiger partial charge in [0, 0.05) is 13.1 Å². The molecule has 1 N–H and O–H groups in total. The zero-order valence-electron chi connectivity index (χ0n) is 9.30. The lowest BCUT2D eigenvalue weighted by Crippen LogP contribution is -2.45. The second-order valence-corrected chi connectivity index (χ2v) is 4.67. The zero-order chi connectivity index (χ0) is 10.6. The Balaban J connectivity index is 2.27. The van der Waals surface area contributed by atoms with Gasteiger partial charge in [0.25, 0.3) is 0 Å². The maximum Gasteiger partial charge on any atom is 0.341 e. The van der Waals surface area contributed by atoms with E-state index < -0.39 is 0 Å². The molecule has 1 heterocycles. The summed E-state index contributed by atoms with van der Waals surface area (Å²) in [6, 6.07) is -0.111. The van der Waals surface area contributed by atoms with Crippen LogP contribution in [0.4, 0.5) is 4.79 Å².